The standard InChI is InChI=1S/C29H33NO2S/c1-18-16-29(2,3)30-24-13-12-22-27-20(9-7-11-25(27)31-4)15-23(28(22)26(18)24)19-8-6-10-21(14-19)32-17-33-5/h6-14,16,23-24,26,30H,15,17H2,1-5H3. The van der Waals surface area contributed by atoms with Crippen LogP contribution in [0, 0.1) is 5.92 Å². The Morgan fingerprint density at radius 3 is 2.76 bits per heavy atom. The molecule has 0 saturated carbocycles. The molecule has 4 heteroatoms. The fourth-order valence-electron chi connectivity index (χ4n) is 5.99. The molecule has 3 aliphatic rings. The van der Waals surface area contributed by atoms with E-state index in [0.717, 1.165) is 17.9 Å². The second kappa shape index (κ2) is 8.73. The SMILES string of the molecule is COc1cccc2c1C1=C(C(c3cccc(OCSC)c3)C2)C2C(C)=CC(C)(C)NC2C=C1. The number of hydrogen-bond acceptors (Lipinski definition) is 4. The molecule has 1 heterocycles. The maximum Gasteiger partial charge on any atom is 0.133 e. The Hall–Kier alpha value is -2.43. The van der Waals surface area contributed by atoms with E-state index in [0.29, 0.717) is 23.8 Å². The number of ether oxygens (including phenoxy) is 2. The van der Waals surface area contributed by atoms with Gasteiger partial charge < -0.3 is 14.8 Å². The average molecular weight is 460 g/mol. The van der Waals surface area contributed by atoms with E-state index in [2.05, 4.69) is 93.0 Å². The fourth-order valence-corrected chi connectivity index (χ4v) is 6.24. The molecule has 3 nitrogen and oxygen atoms in total. The molecule has 3 atom stereocenters. The molecule has 0 fully saturated rings. The maximum absolute atomic E-state index is 5.97. The molecule has 2 aromatic carbocycles. The summed E-state index contributed by atoms with van der Waals surface area (Å²) < 4.78 is 11.8. The zero-order chi connectivity index (χ0) is 23.2. The number of allylic oxidation sites excluding steroid dienone is 2. The van der Waals surface area contributed by atoms with Gasteiger partial charge in [-0.3, -0.25) is 0 Å². The highest BCUT2D eigenvalue weighted by molar-refractivity contribution is 7.98. The number of hydrogen-bond donors (Lipinski definition) is 1. The fraction of sp³-hybridized carbons (Fsp3) is 0.379. The van der Waals surface area contributed by atoms with Crippen molar-refractivity contribution in [1.29, 1.82) is 0 Å². The van der Waals surface area contributed by atoms with Crippen LogP contribution in [0.15, 0.2) is 71.8 Å². The predicted octanol–water partition coefficient (Wildman–Crippen LogP) is 6.37. The van der Waals surface area contributed by atoms with Gasteiger partial charge >= 0.3 is 0 Å². The second-order valence-electron chi connectivity index (χ2n) is 9.86. The van der Waals surface area contributed by atoms with Crippen LogP contribution in [0.3, 0.4) is 0 Å². The largest absolute Gasteiger partial charge is 0.496 e. The van der Waals surface area contributed by atoms with E-state index < -0.39 is 0 Å². The number of thioether (sulfide) groups is 1. The van der Waals surface area contributed by atoms with Crippen molar-refractivity contribution in [1.82, 2.24) is 5.32 Å². The Balaban J connectivity index is 1.69. The summed E-state index contributed by atoms with van der Waals surface area (Å²) in [7, 11) is 1.78. The number of fused-ring (bicyclic) bond motifs is 4. The van der Waals surface area contributed by atoms with Crippen LogP contribution in [0.2, 0.25) is 0 Å². The summed E-state index contributed by atoms with van der Waals surface area (Å²) in [4.78, 5) is 0. The van der Waals surface area contributed by atoms with Crippen LogP contribution in [0.25, 0.3) is 5.57 Å². The summed E-state index contributed by atoms with van der Waals surface area (Å²) >= 11 is 1.70. The van der Waals surface area contributed by atoms with Crippen molar-refractivity contribution in [3.8, 4) is 11.5 Å². The maximum atomic E-state index is 5.97. The van der Waals surface area contributed by atoms with Crippen molar-refractivity contribution >= 4 is 17.3 Å². The number of benzene rings is 2. The predicted molar refractivity (Wildman–Crippen MR) is 139 cm³/mol. The van der Waals surface area contributed by atoms with Gasteiger partial charge in [-0.05, 0) is 73.9 Å². The molecular weight excluding hydrogens is 426 g/mol. The topological polar surface area (TPSA) is 30.5 Å². The monoisotopic (exact) mass is 459 g/mol. The van der Waals surface area contributed by atoms with Crippen molar-refractivity contribution < 1.29 is 9.47 Å². The molecule has 0 bridgehead atoms. The minimum absolute atomic E-state index is 0.0149. The summed E-state index contributed by atoms with van der Waals surface area (Å²) in [5.74, 6) is 3.19. The second-order valence-corrected chi connectivity index (χ2v) is 10.7. The van der Waals surface area contributed by atoms with Gasteiger partial charge in [0, 0.05) is 29.0 Å². The molecule has 1 aliphatic heterocycles. The van der Waals surface area contributed by atoms with E-state index in [-0.39, 0.29) is 5.54 Å². The minimum Gasteiger partial charge on any atom is -0.496 e. The molecule has 2 aromatic rings. The number of methoxy groups -OCH3 is 1. The van der Waals surface area contributed by atoms with Crippen molar-refractivity contribution in [2.75, 3.05) is 19.3 Å². The first-order valence-corrected chi connectivity index (χ1v) is 13.1. The molecular formula is C29H33NO2S. The van der Waals surface area contributed by atoms with Gasteiger partial charge in [0.2, 0.25) is 0 Å². The van der Waals surface area contributed by atoms with E-state index in [1.165, 1.54) is 33.4 Å². The van der Waals surface area contributed by atoms with Crippen molar-refractivity contribution in [3.05, 3.63) is 88.5 Å². The Kier molecular flexibility index (Phi) is 5.92. The Labute approximate surface area is 202 Å². The quantitative estimate of drug-likeness (QED) is 0.416. The highest BCUT2D eigenvalue weighted by atomic mass is 32.2. The van der Waals surface area contributed by atoms with Gasteiger partial charge in [-0.15, -0.1) is 11.8 Å². The van der Waals surface area contributed by atoms with Gasteiger partial charge in [-0.2, -0.15) is 0 Å². The third-order valence-corrected chi connectivity index (χ3v) is 7.45. The summed E-state index contributed by atoms with van der Waals surface area (Å²) in [6.45, 7) is 6.82. The highest BCUT2D eigenvalue weighted by Gasteiger charge is 2.42. The van der Waals surface area contributed by atoms with Crippen LogP contribution in [0.5, 0.6) is 11.5 Å². The lowest BCUT2D eigenvalue weighted by molar-refractivity contribution is 0.349. The summed E-state index contributed by atoms with van der Waals surface area (Å²) in [5, 5.41) is 3.87. The van der Waals surface area contributed by atoms with Gasteiger partial charge in [-0.25, -0.2) is 0 Å². The molecule has 33 heavy (non-hydrogen) atoms. The zero-order valence-electron chi connectivity index (χ0n) is 20.1. The first kappa shape index (κ1) is 22.4. The van der Waals surface area contributed by atoms with Gasteiger partial charge in [0.25, 0.3) is 0 Å². The molecule has 0 saturated heterocycles. The van der Waals surface area contributed by atoms with Gasteiger partial charge in [0.1, 0.15) is 17.4 Å². The van der Waals surface area contributed by atoms with Crippen molar-refractivity contribution in [2.24, 2.45) is 5.92 Å². The smallest absolute Gasteiger partial charge is 0.133 e. The molecule has 1 N–H and O–H groups in total. The van der Waals surface area contributed by atoms with E-state index >= 15 is 0 Å². The van der Waals surface area contributed by atoms with E-state index in [1.54, 1.807) is 18.9 Å². The lowest BCUT2D eigenvalue weighted by atomic mass is 9.64. The van der Waals surface area contributed by atoms with Crippen LogP contribution in [-0.2, 0) is 6.42 Å². The van der Waals surface area contributed by atoms with E-state index in [1.807, 2.05) is 0 Å². The van der Waals surface area contributed by atoms with Crippen LogP contribution in [-0.4, -0.2) is 30.9 Å². The molecule has 0 aromatic heterocycles. The molecule has 0 spiro atoms. The minimum atomic E-state index is -0.0149. The zero-order valence-corrected chi connectivity index (χ0v) is 21.0. The molecule has 0 amide bonds. The van der Waals surface area contributed by atoms with Gasteiger partial charge in [-0.1, -0.05) is 48.1 Å². The van der Waals surface area contributed by atoms with Crippen LogP contribution in [0.4, 0.5) is 0 Å². The lowest BCUT2D eigenvalue weighted by Gasteiger charge is -2.46. The first-order valence-electron chi connectivity index (χ1n) is 11.7. The average Bonchev–Trinajstić information content (AvgIpc) is 2.80. The normalized spacial score (nSPS) is 25.0. The Bertz CT molecular complexity index is 1160. The summed E-state index contributed by atoms with van der Waals surface area (Å²) in [5.41, 5.74) is 8.18. The number of rotatable bonds is 5. The summed E-state index contributed by atoms with van der Waals surface area (Å²) in [6, 6.07) is 15.4. The van der Waals surface area contributed by atoms with Crippen LogP contribution in [0.1, 0.15) is 43.4 Å². The molecule has 3 unspecified atom stereocenters. The molecule has 0 radical (unpaired) electrons. The van der Waals surface area contributed by atoms with Crippen molar-refractivity contribution in [3.63, 3.8) is 0 Å². The third-order valence-electron chi connectivity index (χ3n) is 7.10. The summed E-state index contributed by atoms with van der Waals surface area (Å²) in [6.07, 6.45) is 10.1. The Morgan fingerprint density at radius 2 is 1.97 bits per heavy atom. The molecule has 172 valence electrons. The highest BCUT2D eigenvalue weighted by Crippen LogP contribution is 2.52. The van der Waals surface area contributed by atoms with Gasteiger partial charge in [0.05, 0.1) is 7.11 Å². The Morgan fingerprint density at radius 1 is 1.15 bits per heavy atom. The van der Waals surface area contributed by atoms with Crippen LogP contribution < -0.4 is 14.8 Å². The van der Waals surface area contributed by atoms with E-state index in [9.17, 15) is 0 Å². The van der Waals surface area contributed by atoms with Crippen molar-refractivity contribution in [2.45, 2.75) is 44.7 Å². The first-order chi connectivity index (χ1) is 15.9. The van der Waals surface area contributed by atoms with Gasteiger partial charge in [0.15, 0.2) is 0 Å². The van der Waals surface area contributed by atoms with E-state index in [4.69, 9.17) is 9.47 Å². The van der Waals surface area contributed by atoms with Crippen LogP contribution >= 0.6 is 11.8 Å². The third kappa shape index (κ3) is 4.04. The molecule has 5 rings (SSSR count). The lowest BCUT2D eigenvalue weighted by Crippen LogP contribution is -2.53. The number of nitrogens with one attached hydrogen (secondary N) is 1. The molecule has 2 aliphatic carbocycles.